The van der Waals surface area contributed by atoms with Crippen LogP contribution in [0.2, 0.25) is 0 Å². The minimum absolute atomic E-state index is 0.424. The average Bonchev–Trinajstić information content (AvgIpc) is 3.89. The van der Waals surface area contributed by atoms with Crippen molar-refractivity contribution in [3.05, 3.63) is 209 Å². The van der Waals surface area contributed by atoms with Crippen LogP contribution in [-0.4, -0.2) is 24.1 Å². The lowest BCUT2D eigenvalue weighted by atomic mass is 9.96. The Bertz CT molecular complexity index is 3850. The molecule has 0 saturated heterocycles. The molecule has 0 aliphatic rings. The van der Waals surface area contributed by atoms with Gasteiger partial charge in [-0.3, -0.25) is 0 Å². The van der Waals surface area contributed by atoms with Crippen molar-refractivity contribution in [1.29, 1.82) is 15.8 Å². The summed E-state index contributed by atoms with van der Waals surface area (Å²) in [4.78, 5) is 22.6. The fourth-order valence-corrected chi connectivity index (χ4v) is 8.86. The lowest BCUT2D eigenvalue weighted by Gasteiger charge is -2.20. The molecule has 302 valence electrons. The van der Waals surface area contributed by atoms with Gasteiger partial charge in [0.15, 0.2) is 28.8 Å². The quantitative estimate of drug-likeness (QED) is 0.153. The van der Waals surface area contributed by atoms with Crippen LogP contribution in [0.15, 0.2) is 170 Å². The van der Waals surface area contributed by atoms with Gasteiger partial charge in [0.05, 0.1) is 81.5 Å². The highest BCUT2D eigenvalue weighted by Crippen LogP contribution is 2.44. The van der Waals surface area contributed by atoms with Crippen molar-refractivity contribution in [2.24, 2.45) is 0 Å². The van der Waals surface area contributed by atoms with E-state index in [1.807, 2.05) is 140 Å². The molecule has 10 heteroatoms. The van der Waals surface area contributed by atoms with E-state index in [4.69, 9.17) is 28.1 Å². The molecule has 0 spiro atoms. The first-order valence-electron chi connectivity index (χ1n) is 20.7. The molecular weight excluding hydrogens is 813 g/mol. The molecule has 3 heterocycles. The highest BCUT2D eigenvalue weighted by molar-refractivity contribution is 6.13. The zero-order valence-electron chi connectivity index (χ0n) is 34.6. The lowest BCUT2D eigenvalue weighted by Crippen LogP contribution is -2.04. The first kappa shape index (κ1) is 38.7. The van der Waals surface area contributed by atoms with Crippen molar-refractivity contribution in [1.82, 2.24) is 24.1 Å². The molecule has 0 fully saturated rings. The van der Waals surface area contributed by atoms with Gasteiger partial charge < -0.3 is 9.13 Å². The first-order valence-corrected chi connectivity index (χ1v) is 20.7. The SMILES string of the molecule is [C-]#[N+]c1ccc2c(c1)c1cc(C#N)ccc1n2-c1ccc(C#N)cc1-c1cc(-c2nc(-c3ccccc3)nc(-c3ccccc3)n2)ccc1-n1c2ccc(C#N)cc2c2cc([N+]#[C-])ccc21. The third-order valence-corrected chi connectivity index (χ3v) is 11.9. The number of rotatable bonds is 6. The molecule has 0 radical (unpaired) electrons. The molecule has 0 saturated carbocycles. The van der Waals surface area contributed by atoms with Gasteiger partial charge in [-0.2, -0.15) is 15.8 Å². The van der Waals surface area contributed by atoms with Crippen LogP contribution < -0.4 is 0 Å². The van der Waals surface area contributed by atoms with Crippen LogP contribution in [0.5, 0.6) is 0 Å². The molecule has 10 nitrogen and oxygen atoms in total. The Morgan fingerprint density at radius 2 is 0.758 bits per heavy atom. The van der Waals surface area contributed by atoms with Gasteiger partial charge in [-0.15, -0.1) is 0 Å². The van der Waals surface area contributed by atoms with Gasteiger partial charge in [0.25, 0.3) is 0 Å². The molecule has 0 aliphatic carbocycles. The Hall–Kier alpha value is -10.2. The molecule has 11 aromatic rings. The normalized spacial score (nSPS) is 11.0. The Morgan fingerprint density at radius 3 is 1.21 bits per heavy atom. The van der Waals surface area contributed by atoms with Gasteiger partial charge in [0.1, 0.15) is 0 Å². The highest BCUT2D eigenvalue weighted by atomic mass is 15.0. The molecule has 11 rings (SSSR count). The maximum absolute atomic E-state index is 10.5. The summed E-state index contributed by atoms with van der Waals surface area (Å²) in [5.74, 6) is 1.44. The minimum atomic E-state index is 0.424. The number of aromatic nitrogens is 5. The number of nitriles is 3. The summed E-state index contributed by atoms with van der Waals surface area (Å²) >= 11 is 0. The first-order chi connectivity index (χ1) is 32.5. The number of fused-ring (bicyclic) bond motifs is 6. The van der Waals surface area contributed by atoms with Gasteiger partial charge in [0, 0.05) is 38.6 Å². The van der Waals surface area contributed by atoms with Crippen molar-refractivity contribution in [3.63, 3.8) is 0 Å². The van der Waals surface area contributed by atoms with Gasteiger partial charge in [-0.1, -0.05) is 72.8 Å². The van der Waals surface area contributed by atoms with E-state index >= 15 is 0 Å². The molecule has 66 heavy (non-hydrogen) atoms. The second kappa shape index (κ2) is 15.6. The summed E-state index contributed by atoms with van der Waals surface area (Å²) in [5, 5.41) is 33.7. The molecule has 0 amide bonds. The van der Waals surface area contributed by atoms with E-state index in [2.05, 4.69) is 37.0 Å². The van der Waals surface area contributed by atoms with E-state index in [1.54, 1.807) is 30.3 Å². The smallest absolute Gasteiger partial charge is 0.188 e. The third-order valence-electron chi connectivity index (χ3n) is 11.9. The van der Waals surface area contributed by atoms with Crippen molar-refractivity contribution in [2.75, 3.05) is 0 Å². The van der Waals surface area contributed by atoms with Gasteiger partial charge in [0.2, 0.25) is 0 Å². The summed E-state index contributed by atoms with van der Waals surface area (Å²) in [6.45, 7) is 15.7. The van der Waals surface area contributed by atoms with E-state index in [1.165, 1.54) is 0 Å². The topological polar surface area (TPSA) is 129 Å². The number of nitrogens with zero attached hydrogens (tertiary/aromatic N) is 10. The van der Waals surface area contributed by atoms with Crippen molar-refractivity contribution >= 4 is 55.0 Å². The Labute approximate surface area is 377 Å². The molecule has 0 N–H and O–H groups in total. The maximum atomic E-state index is 10.5. The van der Waals surface area contributed by atoms with E-state index in [9.17, 15) is 15.8 Å². The number of benzene rings is 8. The predicted octanol–water partition coefficient (Wildman–Crippen LogP) is 13.5. The van der Waals surface area contributed by atoms with Crippen molar-refractivity contribution in [2.45, 2.75) is 0 Å². The average molecular weight is 841 g/mol. The van der Waals surface area contributed by atoms with E-state index in [0.717, 1.165) is 71.7 Å². The van der Waals surface area contributed by atoms with Crippen LogP contribution in [0.25, 0.3) is 110 Å². The van der Waals surface area contributed by atoms with Crippen LogP contribution in [0, 0.1) is 47.1 Å². The lowest BCUT2D eigenvalue weighted by molar-refractivity contribution is 1.07. The Kier molecular flexibility index (Phi) is 9.17. The molecule has 8 aromatic carbocycles. The second-order valence-electron chi connectivity index (χ2n) is 15.6. The standard InChI is InChI=1S/C56H28N10/c1-60-40-17-23-52-46(29-40)43-26-35(32-58)14-20-49(43)65(52)48-19-13-34(31-57)25-42(48)45-28-39(56-63-54(37-9-5-3-6-10-37)62-55(64-56)38-11-7-4-8-12-38)16-22-51(45)66-50-21-15-36(33-59)27-44(50)47-30-41(61-2)18-24-53(47)66/h3-30H. The van der Waals surface area contributed by atoms with Crippen molar-refractivity contribution in [3.8, 4) is 74.9 Å². The molecule has 0 unspecified atom stereocenters. The summed E-state index contributed by atoms with van der Waals surface area (Å²) in [5.41, 5.74) is 10.8. The fraction of sp³-hybridized carbons (Fsp3) is 0. The van der Waals surface area contributed by atoms with Crippen molar-refractivity contribution < 1.29 is 0 Å². The summed E-state index contributed by atoms with van der Waals surface area (Å²) in [6.07, 6.45) is 0. The van der Waals surface area contributed by atoms with Gasteiger partial charge in [-0.25, -0.2) is 24.6 Å². The number of hydrogen-bond donors (Lipinski definition) is 0. The van der Waals surface area contributed by atoms with E-state index in [-0.39, 0.29) is 0 Å². The molecule has 0 atom stereocenters. The fourth-order valence-electron chi connectivity index (χ4n) is 8.86. The summed E-state index contributed by atoms with van der Waals surface area (Å²) in [6, 6.07) is 60.3. The van der Waals surface area contributed by atoms with Gasteiger partial charge in [-0.05, 0) is 108 Å². The third kappa shape index (κ3) is 6.35. The maximum Gasteiger partial charge on any atom is 0.188 e. The molecular formula is C56H28N10. The molecule has 0 aliphatic heterocycles. The highest BCUT2D eigenvalue weighted by Gasteiger charge is 2.23. The monoisotopic (exact) mass is 840 g/mol. The van der Waals surface area contributed by atoms with E-state index in [0.29, 0.717) is 56.7 Å². The second-order valence-corrected chi connectivity index (χ2v) is 15.6. The summed E-state index contributed by atoms with van der Waals surface area (Å²) in [7, 11) is 0. The minimum Gasteiger partial charge on any atom is -0.309 e. The summed E-state index contributed by atoms with van der Waals surface area (Å²) < 4.78 is 4.25. The van der Waals surface area contributed by atoms with E-state index < -0.39 is 0 Å². The Morgan fingerprint density at radius 1 is 0.379 bits per heavy atom. The zero-order chi connectivity index (χ0) is 44.9. The molecule has 0 bridgehead atoms. The van der Waals surface area contributed by atoms with Crippen LogP contribution in [-0.2, 0) is 0 Å². The van der Waals surface area contributed by atoms with Crippen LogP contribution in [0.3, 0.4) is 0 Å². The zero-order valence-corrected chi connectivity index (χ0v) is 34.6. The Balaban J connectivity index is 1.27. The van der Waals surface area contributed by atoms with Gasteiger partial charge >= 0.3 is 0 Å². The molecule has 3 aromatic heterocycles. The predicted molar refractivity (Wildman–Crippen MR) is 257 cm³/mol. The number of hydrogen-bond acceptors (Lipinski definition) is 6. The largest absolute Gasteiger partial charge is 0.309 e. The van der Waals surface area contributed by atoms with Crippen LogP contribution >= 0.6 is 0 Å². The van der Waals surface area contributed by atoms with Crippen LogP contribution in [0.4, 0.5) is 11.4 Å². The van der Waals surface area contributed by atoms with Crippen LogP contribution in [0.1, 0.15) is 16.7 Å².